The lowest BCUT2D eigenvalue weighted by molar-refractivity contribution is 0.101. The van der Waals surface area contributed by atoms with E-state index in [1.165, 1.54) is 4.57 Å². The molecule has 2 aromatic rings. The number of anilines is 1. The molecule has 3 rings (SSSR count). The summed E-state index contributed by atoms with van der Waals surface area (Å²) in [5.41, 5.74) is 0.0800. The molecule has 0 aliphatic carbocycles. The summed E-state index contributed by atoms with van der Waals surface area (Å²) in [4.78, 5) is 11.9. The van der Waals surface area contributed by atoms with Crippen LogP contribution < -0.4 is 5.32 Å². The second-order valence-corrected chi connectivity index (χ2v) is 6.99. The molecule has 10 heteroatoms. The molecule has 0 saturated carbocycles. The summed E-state index contributed by atoms with van der Waals surface area (Å²) in [6, 6.07) is 2.79. The minimum Gasteiger partial charge on any atom is -0.338 e. The Morgan fingerprint density at radius 3 is 2.62 bits per heavy atom. The number of aromatic nitrogens is 1. The Hall–Kier alpha value is -1.97. The molecule has 0 fully saturated rings. The van der Waals surface area contributed by atoms with Gasteiger partial charge in [-0.05, 0) is 25.0 Å². The second kappa shape index (κ2) is 5.83. The van der Waals surface area contributed by atoms with Crippen molar-refractivity contribution < 1.29 is 26.5 Å². The zero-order valence-electron chi connectivity index (χ0n) is 12.0. The highest BCUT2D eigenvalue weighted by atomic mass is 35.5. The third-order valence-corrected chi connectivity index (χ3v) is 5.15. The largest absolute Gasteiger partial charge is 0.338 e. The van der Waals surface area contributed by atoms with Gasteiger partial charge in [0.05, 0.1) is 5.02 Å². The van der Waals surface area contributed by atoms with Gasteiger partial charge in [0.25, 0.3) is 16.0 Å². The number of nitrogens with one attached hydrogen (secondary N) is 1. The van der Waals surface area contributed by atoms with Crippen LogP contribution in [-0.2, 0) is 23.1 Å². The first-order valence-corrected chi connectivity index (χ1v) is 8.66. The van der Waals surface area contributed by atoms with Crippen LogP contribution in [0, 0.1) is 11.6 Å². The van der Waals surface area contributed by atoms with Crippen LogP contribution in [0.15, 0.2) is 23.1 Å². The quantitative estimate of drug-likeness (QED) is 0.806. The van der Waals surface area contributed by atoms with Crippen molar-refractivity contribution in [1.82, 2.24) is 4.57 Å². The van der Waals surface area contributed by atoms with Gasteiger partial charge < -0.3 is 9.88 Å². The van der Waals surface area contributed by atoms with E-state index in [-0.39, 0.29) is 17.1 Å². The van der Waals surface area contributed by atoms with Gasteiger partial charge in [-0.25, -0.2) is 8.78 Å². The third-order valence-electron chi connectivity index (χ3n) is 3.71. The summed E-state index contributed by atoms with van der Waals surface area (Å²) < 4.78 is 59.9. The summed E-state index contributed by atoms with van der Waals surface area (Å²) in [5.74, 6) is -3.00. The minimum absolute atomic E-state index is 0.0167. The first kappa shape index (κ1) is 16.9. The van der Waals surface area contributed by atoms with Crippen LogP contribution in [0.5, 0.6) is 0 Å². The molecule has 0 spiro atoms. The molecule has 1 aliphatic rings. The number of amides is 1. The molecular weight excluding hydrogens is 366 g/mol. The van der Waals surface area contributed by atoms with Crippen molar-refractivity contribution in [3.05, 3.63) is 46.2 Å². The second-order valence-electron chi connectivity index (χ2n) is 5.25. The van der Waals surface area contributed by atoms with E-state index in [1.807, 2.05) is 0 Å². The fourth-order valence-electron chi connectivity index (χ4n) is 2.76. The molecule has 128 valence electrons. The van der Waals surface area contributed by atoms with E-state index in [0.29, 0.717) is 19.4 Å². The lowest BCUT2D eigenvalue weighted by atomic mass is 10.2. The smallest absolute Gasteiger partial charge is 0.297 e. The highest BCUT2D eigenvalue weighted by Gasteiger charge is 2.34. The Bertz CT molecular complexity index is 956. The first-order chi connectivity index (χ1) is 11.2. The first-order valence-electron chi connectivity index (χ1n) is 6.85. The molecule has 2 N–H and O–H groups in total. The molecule has 0 bridgehead atoms. The van der Waals surface area contributed by atoms with Gasteiger partial charge in [-0.2, -0.15) is 8.42 Å². The number of fused-ring (bicyclic) bond motifs is 1. The highest BCUT2D eigenvalue weighted by molar-refractivity contribution is 7.86. The fourth-order valence-corrected chi connectivity index (χ4v) is 4.18. The third kappa shape index (κ3) is 2.79. The van der Waals surface area contributed by atoms with Gasteiger partial charge in [-0.1, -0.05) is 11.6 Å². The van der Waals surface area contributed by atoms with Gasteiger partial charge >= 0.3 is 0 Å². The summed E-state index contributed by atoms with van der Waals surface area (Å²) in [6.45, 7) is 0.352. The number of carbonyl (C=O) groups is 1. The molecule has 1 aromatic heterocycles. The van der Waals surface area contributed by atoms with Crippen LogP contribution in [-0.4, -0.2) is 23.4 Å². The molecule has 0 unspecified atom stereocenters. The molecule has 1 aromatic carbocycles. The van der Waals surface area contributed by atoms with Crippen LogP contribution in [0.4, 0.5) is 14.5 Å². The van der Waals surface area contributed by atoms with Crippen molar-refractivity contribution in [2.45, 2.75) is 24.3 Å². The molecule has 0 saturated heterocycles. The minimum atomic E-state index is -4.60. The number of hydrogen-bond acceptors (Lipinski definition) is 3. The summed E-state index contributed by atoms with van der Waals surface area (Å²) in [5, 5.41) is 1.94. The number of rotatable bonds is 3. The van der Waals surface area contributed by atoms with Gasteiger partial charge in [0.2, 0.25) is 0 Å². The van der Waals surface area contributed by atoms with Crippen molar-refractivity contribution >= 4 is 33.3 Å². The van der Waals surface area contributed by atoms with Crippen molar-refractivity contribution in [2.75, 3.05) is 5.32 Å². The Labute approximate surface area is 140 Å². The number of nitrogens with zero attached hydrogens (tertiary/aromatic N) is 1. The standard InChI is InChI=1S/C14H11ClF2N2O4S/c15-11-12(14(20)18-7-3-4-8(16)9(17)6-7)19-5-1-2-10(19)13(11)24(21,22)23/h3-4,6H,1-2,5H2,(H,18,20)(H,21,22,23). The SMILES string of the molecule is O=C(Nc1ccc(F)c(F)c1)c1c(Cl)c(S(=O)(=O)O)c2n1CCC2. The Kier molecular flexibility index (Phi) is 4.10. The van der Waals surface area contributed by atoms with Gasteiger partial charge in [0.1, 0.15) is 10.6 Å². The maximum absolute atomic E-state index is 13.2. The van der Waals surface area contributed by atoms with Crippen LogP contribution in [0.2, 0.25) is 5.02 Å². The zero-order valence-corrected chi connectivity index (χ0v) is 13.6. The Morgan fingerprint density at radius 1 is 1.29 bits per heavy atom. The summed E-state index contributed by atoms with van der Waals surface area (Å²) in [7, 11) is -4.60. The van der Waals surface area contributed by atoms with Crippen LogP contribution in [0.1, 0.15) is 22.6 Å². The molecule has 0 radical (unpaired) electrons. The van der Waals surface area contributed by atoms with E-state index in [9.17, 15) is 26.5 Å². The molecule has 0 atom stereocenters. The average Bonchev–Trinajstić information content (AvgIpc) is 3.00. The maximum atomic E-state index is 13.2. The van der Waals surface area contributed by atoms with E-state index in [2.05, 4.69) is 5.32 Å². The molecular formula is C14H11ClF2N2O4S. The van der Waals surface area contributed by atoms with Gasteiger partial charge in [0.15, 0.2) is 11.6 Å². The number of hydrogen-bond donors (Lipinski definition) is 2. The summed E-state index contributed by atoms with van der Waals surface area (Å²) >= 11 is 5.99. The Balaban J connectivity index is 2.03. The van der Waals surface area contributed by atoms with Crippen molar-refractivity contribution in [3.8, 4) is 0 Å². The monoisotopic (exact) mass is 376 g/mol. The molecule has 6 nitrogen and oxygen atoms in total. The van der Waals surface area contributed by atoms with E-state index < -0.39 is 37.6 Å². The van der Waals surface area contributed by atoms with E-state index >= 15 is 0 Å². The molecule has 2 heterocycles. The van der Waals surface area contributed by atoms with E-state index in [0.717, 1.165) is 18.2 Å². The van der Waals surface area contributed by atoms with Crippen molar-refractivity contribution in [1.29, 1.82) is 0 Å². The number of benzene rings is 1. The maximum Gasteiger partial charge on any atom is 0.297 e. The van der Waals surface area contributed by atoms with Crippen LogP contribution in [0.3, 0.4) is 0 Å². The van der Waals surface area contributed by atoms with Crippen molar-refractivity contribution in [2.24, 2.45) is 0 Å². The van der Waals surface area contributed by atoms with E-state index in [4.69, 9.17) is 11.6 Å². The molecule has 1 amide bonds. The predicted octanol–water partition coefficient (Wildman–Crippen LogP) is 2.86. The highest BCUT2D eigenvalue weighted by Crippen LogP contribution is 2.36. The lowest BCUT2D eigenvalue weighted by Crippen LogP contribution is -2.17. The van der Waals surface area contributed by atoms with Gasteiger partial charge in [-0.3, -0.25) is 9.35 Å². The van der Waals surface area contributed by atoms with Gasteiger partial charge in [0, 0.05) is 24.0 Å². The van der Waals surface area contributed by atoms with E-state index in [1.54, 1.807) is 0 Å². The normalized spacial score (nSPS) is 13.8. The van der Waals surface area contributed by atoms with Gasteiger partial charge in [-0.15, -0.1) is 0 Å². The molecule has 1 aliphatic heterocycles. The Morgan fingerprint density at radius 2 is 2.00 bits per heavy atom. The number of halogens is 3. The van der Waals surface area contributed by atoms with Crippen LogP contribution >= 0.6 is 11.6 Å². The lowest BCUT2D eigenvalue weighted by Gasteiger charge is -2.08. The van der Waals surface area contributed by atoms with Crippen LogP contribution in [0.25, 0.3) is 0 Å². The fraction of sp³-hybridized carbons (Fsp3) is 0.214. The molecule has 24 heavy (non-hydrogen) atoms. The number of carbonyl (C=O) groups excluding carboxylic acids is 1. The predicted molar refractivity (Wildman–Crippen MR) is 81.9 cm³/mol. The summed E-state index contributed by atoms with van der Waals surface area (Å²) in [6.07, 6.45) is 0.924. The average molecular weight is 377 g/mol. The topological polar surface area (TPSA) is 88.4 Å². The zero-order chi connectivity index (χ0) is 17.6. The van der Waals surface area contributed by atoms with Crippen molar-refractivity contribution in [3.63, 3.8) is 0 Å².